The molecule has 4 N–H and O–H groups in total. The average Bonchev–Trinajstić information content (AvgIpc) is 2.91. The van der Waals surface area contributed by atoms with Crippen LogP contribution < -0.4 is 11.1 Å². The van der Waals surface area contributed by atoms with Gasteiger partial charge >= 0.3 is 0 Å². The van der Waals surface area contributed by atoms with Crippen LogP contribution in [0.2, 0.25) is 0 Å². The number of halogens is 2. The number of nitrogens with zero attached hydrogens (tertiary/aromatic N) is 1. The maximum atomic E-state index is 13.9. The van der Waals surface area contributed by atoms with E-state index < -0.39 is 23.8 Å². The molecule has 3 rings (SSSR count). The van der Waals surface area contributed by atoms with Crippen LogP contribution in [-0.4, -0.2) is 47.1 Å². The van der Waals surface area contributed by atoms with Crippen LogP contribution in [-0.2, 0) is 30.6 Å². The van der Waals surface area contributed by atoms with Crippen LogP contribution in [0.4, 0.5) is 8.78 Å². The molecule has 3 aromatic carbocycles. The SMILES string of the molecule is CCCNC(=O)Cc1ccccc1C(=O)N(Cc1cccc(CC)c1)C[C@@H](O)[C@@H](N)Cc1cc(F)cc(F)c1. The molecule has 2 atom stereocenters. The van der Waals surface area contributed by atoms with Gasteiger partial charge in [0.1, 0.15) is 11.6 Å². The van der Waals surface area contributed by atoms with Gasteiger partial charge in [-0.3, -0.25) is 9.59 Å². The summed E-state index contributed by atoms with van der Waals surface area (Å²) in [5.41, 5.74) is 9.49. The van der Waals surface area contributed by atoms with E-state index in [0.717, 1.165) is 30.0 Å². The van der Waals surface area contributed by atoms with Crippen molar-refractivity contribution in [1.82, 2.24) is 10.2 Å². The molecule has 0 heterocycles. The van der Waals surface area contributed by atoms with Crippen LogP contribution in [0.15, 0.2) is 66.7 Å². The molecule has 0 saturated heterocycles. The Kier molecular flexibility index (Phi) is 11.1. The van der Waals surface area contributed by atoms with Gasteiger partial charge in [-0.25, -0.2) is 8.78 Å². The van der Waals surface area contributed by atoms with Gasteiger partial charge < -0.3 is 21.1 Å². The van der Waals surface area contributed by atoms with Gasteiger partial charge in [-0.1, -0.05) is 56.3 Å². The van der Waals surface area contributed by atoms with Crippen molar-refractivity contribution in [2.24, 2.45) is 5.73 Å². The van der Waals surface area contributed by atoms with Gasteiger partial charge in [0.05, 0.1) is 12.5 Å². The summed E-state index contributed by atoms with van der Waals surface area (Å²) in [5.74, 6) is -1.97. The van der Waals surface area contributed by atoms with E-state index in [1.807, 2.05) is 38.1 Å². The number of benzene rings is 3. The lowest BCUT2D eigenvalue weighted by atomic mass is 9.99. The Morgan fingerprint density at radius 1 is 0.949 bits per heavy atom. The van der Waals surface area contributed by atoms with Gasteiger partial charge in [-0.2, -0.15) is 0 Å². The monoisotopic (exact) mass is 537 g/mol. The first-order valence-electron chi connectivity index (χ1n) is 13.3. The Bertz CT molecular complexity index is 1250. The number of carbonyl (C=O) groups excluding carboxylic acids is 2. The number of aliphatic hydroxyl groups excluding tert-OH is 1. The minimum atomic E-state index is -1.17. The van der Waals surface area contributed by atoms with Crippen molar-refractivity contribution in [3.63, 3.8) is 0 Å². The Morgan fingerprint density at radius 3 is 2.33 bits per heavy atom. The lowest BCUT2D eigenvalue weighted by Crippen LogP contribution is -2.46. The van der Waals surface area contributed by atoms with Gasteiger partial charge in [0.2, 0.25) is 5.91 Å². The number of rotatable bonds is 13. The lowest BCUT2D eigenvalue weighted by Gasteiger charge is -2.29. The number of nitrogens with one attached hydrogen (secondary N) is 1. The van der Waals surface area contributed by atoms with Crippen molar-refractivity contribution in [2.75, 3.05) is 13.1 Å². The van der Waals surface area contributed by atoms with Crippen LogP contribution in [0.3, 0.4) is 0 Å². The molecule has 0 radical (unpaired) electrons. The Morgan fingerprint density at radius 2 is 1.64 bits per heavy atom. The van der Waals surface area contributed by atoms with Gasteiger partial charge in [0, 0.05) is 37.3 Å². The summed E-state index contributed by atoms with van der Waals surface area (Å²) in [7, 11) is 0. The standard InChI is InChI=1S/C31H37F2N3O3/c1-3-12-35-30(38)17-24-10-5-6-11-27(24)31(39)36(19-22-9-7-8-21(4-2)13-22)20-29(37)28(34)16-23-14-25(32)18-26(33)15-23/h5-11,13-15,18,28-29,37H,3-4,12,16-17,19-20,34H2,1-2H3,(H,35,38)/t28-,29+/m0/s1. The molecule has 0 fully saturated rings. The Labute approximate surface area is 228 Å². The number of nitrogens with two attached hydrogens (primary N) is 1. The third-order valence-corrected chi connectivity index (χ3v) is 6.53. The van der Waals surface area contributed by atoms with Crippen LogP contribution >= 0.6 is 0 Å². The summed E-state index contributed by atoms with van der Waals surface area (Å²) in [5, 5.41) is 13.8. The van der Waals surface area contributed by atoms with Gasteiger partial charge in [0.15, 0.2) is 0 Å². The molecule has 0 aliphatic rings. The first kappa shape index (κ1) is 29.9. The number of carbonyl (C=O) groups is 2. The van der Waals surface area contributed by atoms with Crippen LogP contribution in [0.1, 0.15) is 52.9 Å². The normalized spacial score (nSPS) is 12.6. The molecule has 39 heavy (non-hydrogen) atoms. The minimum absolute atomic E-state index is 0.0252. The highest BCUT2D eigenvalue weighted by Gasteiger charge is 2.25. The first-order valence-corrected chi connectivity index (χ1v) is 13.3. The summed E-state index contributed by atoms with van der Waals surface area (Å²) < 4.78 is 27.3. The van der Waals surface area contributed by atoms with E-state index >= 15 is 0 Å². The highest BCUT2D eigenvalue weighted by Crippen LogP contribution is 2.18. The summed E-state index contributed by atoms with van der Waals surface area (Å²) in [6.07, 6.45) is 0.535. The zero-order valence-electron chi connectivity index (χ0n) is 22.5. The Balaban J connectivity index is 1.86. The molecule has 0 aromatic heterocycles. The molecule has 0 saturated carbocycles. The van der Waals surface area contributed by atoms with Crippen molar-refractivity contribution in [2.45, 2.75) is 58.2 Å². The third kappa shape index (κ3) is 8.97. The molecule has 3 aromatic rings. The number of aliphatic hydroxyl groups is 1. The predicted octanol–water partition coefficient (Wildman–Crippen LogP) is 4.17. The zero-order valence-corrected chi connectivity index (χ0v) is 22.5. The molecular weight excluding hydrogens is 500 g/mol. The predicted molar refractivity (Wildman–Crippen MR) is 148 cm³/mol. The highest BCUT2D eigenvalue weighted by atomic mass is 19.1. The molecular formula is C31H37F2N3O3. The van der Waals surface area contributed by atoms with Gasteiger partial charge in [-0.15, -0.1) is 0 Å². The van der Waals surface area contributed by atoms with E-state index in [-0.39, 0.29) is 37.7 Å². The topological polar surface area (TPSA) is 95.7 Å². The van der Waals surface area contributed by atoms with E-state index in [2.05, 4.69) is 5.32 Å². The maximum Gasteiger partial charge on any atom is 0.254 e. The van der Waals surface area contributed by atoms with Gasteiger partial charge in [-0.05, 0) is 59.7 Å². The summed E-state index contributed by atoms with van der Waals surface area (Å²) >= 11 is 0. The summed E-state index contributed by atoms with van der Waals surface area (Å²) in [6.45, 7) is 4.66. The van der Waals surface area contributed by atoms with Gasteiger partial charge in [0.25, 0.3) is 5.91 Å². The van der Waals surface area contributed by atoms with Crippen molar-refractivity contribution >= 4 is 11.8 Å². The molecule has 8 heteroatoms. The molecule has 0 spiro atoms. The van der Waals surface area contributed by atoms with Crippen LogP contribution in [0.5, 0.6) is 0 Å². The molecule has 2 amide bonds. The second-order valence-corrected chi connectivity index (χ2v) is 9.76. The molecule has 0 unspecified atom stereocenters. The van der Waals surface area contributed by atoms with E-state index in [1.54, 1.807) is 24.3 Å². The molecule has 0 aliphatic heterocycles. The van der Waals surface area contributed by atoms with E-state index in [9.17, 15) is 23.5 Å². The minimum Gasteiger partial charge on any atom is -0.390 e. The van der Waals surface area contributed by atoms with Crippen LogP contribution in [0.25, 0.3) is 0 Å². The molecule has 6 nitrogen and oxygen atoms in total. The van der Waals surface area contributed by atoms with E-state index in [0.29, 0.717) is 23.2 Å². The Hall–Kier alpha value is -3.62. The van der Waals surface area contributed by atoms with Crippen molar-refractivity contribution in [3.8, 4) is 0 Å². The average molecular weight is 538 g/mol. The smallest absolute Gasteiger partial charge is 0.254 e. The number of hydrogen-bond acceptors (Lipinski definition) is 4. The fourth-order valence-corrected chi connectivity index (χ4v) is 4.44. The zero-order chi connectivity index (χ0) is 28.4. The molecule has 0 aliphatic carbocycles. The maximum absolute atomic E-state index is 13.9. The second kappa shape index (κ2) is 14.5. The number of aryl methyl sites for hydroxylation is 1. The highest BCUT2D eigenvalue weighted by molar-refractivity contribution is 5.97. The number of hydrogen-bond donors (Lipinski definition) is 3. The van der Waals surface area contributed by atoms with E-state index in [1.165, 1.54) is 17.0 Å². The van der Waals surface area contributed by atoms with Crippen molar-refractivity contribution in [3.05, 3.63) is 106 Å². The number of amides is 2. The van der Waals surface area contributed by atoms with E-state index in [4.69, 9.17) is 5.73 Å². The van der Waals surface area contributed by atoms with Crippen molar-refractivity contribution < 1.29 is 23.5 Å². The molecule has 0 bridgehead atoms. The van der Waals surface area contributed by atoms with Crippen LogP contribution in [0, 0.1) is 11.6 Å². The quantitative estimate of drug-likeness (QED) is 0.305. The van der Waals surface area contributed by atoms with Crippen molar-refractivity contribution in [1.29, 1.82) is 0 Å². The summed E-state index contributed by atoms with van der Waals surface area (Å²) in [6, 6.07) is 17.0. The largest absolute Gasteiger partial charge is 0.390 e. The fourth-order valence-electron chi connectivity index (χ4n) is 4.44. The first-order chi connectivity index (χ1) is 18.7. The summed E-state index contributed by atoms with van der Waals surface area (Å²) in [4.78, 5) is 27.8. The molecule has 208 valence electrons. The lowest BCUT2D eigenvalue weighted by molar-refractivity contribution is -0.120. The fraction of sp³-hybridized carbons (Fsp3) is 0.355. The second-order valence-electron chi connectivity index (χ2n) is 9.76. The third-order valence-electron chi connectivity index (χ3n) is 6.53.